The minimum atomic E-state index is -4.22. The molecule has 0 spiro atoms. The zero-order valence-corrected chi connectivity index (χ0v) is 18.7. The first kappa shape index (κ1) is 22.9. The molecule has 0 radical (unpaired) electrons. The number of esters is 2. The molecule has 0 aromatic heterocycles. The number of β-amino-alcohol motifs (C(OH)–C–C–N with tert-alkyl or cyclic N) is 1. The number of aliphatic hydroxyl groups is 1. The van der Waals surface area contributed by atoms with Gasteiger partial charge in [-0.05, 0) is 17.0 Å². The first-order valence-corrected chi connectivity index (χ1v) is 11.8. The summed E-state index contributed by atoms with van der Waals surface area (Å²) in [5.74, 6) is -1.23. The van der Waals surface area contributed by atoms with E-state index in [0.717, 1.165) is 9.87 Å². The third kappa shape index (κ3) is 4.90. The molecule has 1 N–H and O–H groups in total. The molecule has 4 rings (SSSR count). The average molecular weight is 470 g/mol. The van der Waals surface area contributed by atoms with Crippen LogP contribution in [-0.4, -0.2) is 48.5 Å². The fraction of sp³-hybridized carbons (Fsp3) is 0.250. The van der Waals surface area contributed by atoms with E-state index in [0.29, 0.717) is 10.8 Å². The van der Waals surface area contributed by atoms with Crippen molar-refractivity contribution in [2.24, 2.45) is 0 Å². The van der Waals surface area contributed by atoms with E-state index in [-0.39, 0.29) is 30.2 Å². The van der Waals surface area contributed by atoms with Crippen LogP contribution in [0.2, 0.25) is 0 Å². The predicted molar refractivity (Wildman–Crippen MR) is 120 cm³/mol. The van der Waals surface area contributed by atoms with Crippen LogP contribution in [-0.2, 0) is 31.0 Å². The molecule has 1 aliphatic heterocycles. The van der Waals surface area contributed by atoms with E-state index in [1.165, 1.54) is 19.1 Å². The van der Waals surface area contributed by atoms with Crippen molar-refractivity contribution in [2.75, 3.05) is 6.54 Å². The fourth-order valence-electron chi connectivity index (χ4n) is 3.86. The molecule has 0 saturated carbocycles. The second kappa shape index (κ2) is 9.30. The zero-order valence-electron chi connectivity index (χ0n) is 17.9. The number of hydrogen-bond donors (Lipinski definition) is 1. The van der Waals surface area contributed by atoms with Gasteiger partial charge in [-0.3, -0.25) is 9.59 Å². The summed E-state index contributed by atoms with van der Waals surface area (Å²) < 4.78 is 38.6. The highest BCUT2D eigenvalue weighted by molar-refractivity contribution is 7.89. The van der Waals surface area contributed by atoms with Gasteiger partial charge in [-0.1, -0.05) is 54.6 Å². The van der Waals surface area contributed by atoms with E-state index >= 15 is 0 Å². The number of aliphatic hydroxyl groups excluding tert-OH is 1. The lowest BCUT2D eigenvalue weighted by Crippen LogP contribution is -2.41. The molecule has 2 atom stereocenters. The summed E-state index contributed by atoms with van der Waals surface area (Å²) in [5.41, 5.74) is 0.763. The van der Waals surface area contributed by atoms with Crippen LogP contribution in [0.3, 0.4) is 0 Å². The van der Waals surface area contributed by atoms with Gasteiger partial charge in [0.1, 0.15) is 18.4 Å². The second-order valence-electron chi connectivity index (χ2n) is 7.81. The Bertz CT molecular complexity index is 1290. The molecule has 1 saturated heterocycles. The van der Waals surface area contributed by atoms with Crippen molar-refractivity contribution in [1.29, 1.82) is 0 Å². The van der Waals surface area contributed by atoms with Crippen molar-refractivity contribution in [3.63, 3.8) is 0 Å². The maximum Gasteiger partial charge on any atom is 0.324 e. The van der Waals surface area contributed by atoms with Gasteiger partial charge in [0.25, 0.3) is 0 Å². The van der Waals surface area contributed by atoms with Crippen molar-refractivity contribution in [3.05, 3.63) is 72.3 Å². The molecule has 3 aromatic rings. The molecular formula is C24H23NO7S. The number of fused-ring (bicyclic) bond motifs is 1. The SMILES string of the molecule is CC(=O)Oc1cc(S(=O)(=O)N2CC(O)C[C@H]2C(=O)OCc2ccccc2)cc2ccccc12. The summed E-state index contributed by atoms with van der Waals surface area (Å²) in [4.78, 5) is 24.2. The number of ether oxygens (including phenoxy) is 2. The number of sulfonamides is 1. The van der Waals surface area contributed by atoms with Crippen LogP contribution in [0.25, 0.3) is 10.8 Å². The Labute approximate surface area is 191 Å². The summed E-state index contributed by atoms with van der Waals surface area (Å²) >= 11 is 0. The number of nitrogens with zero attached hydrogens (tertiary/aromatic N) is 1. The van der Waals surface area contributed by atoms with Crippen molar-refractivity contribution >= 4 is 32.7 Å². The highest BCUT2D eigenvalue weighted by Gasteiger charge is 2.44. The van der Waals surface area contributed by atoms with Crippen LogP contribution in [0.1, 0.15) is 18.9 Å². The minimum absolute atomic E-state index is 0.00721. The average Bonchev–Trinajstić information content (AvgIpc) is 3.20. The molecule has 1 unspecified atom stereocenters. The van der Waals surface area contributed by atoms with Crippen LogP contribution < -0.4 is 4.74 Å². The van der Waals surface area contributed by atoms with Gasteiger partial charge in [0, 0.05) is 31.3 Å². The lowest BCUT2D eigenvalue weighted by Gasteiger charge is -2.23. The third-order valence-electron chi connectivity index (χ3n) is 5.39. The standard InChI is InChI=1S/C24H23NO7S/c1-16(26)32-23-13-20(11-18-9-5-6-10-21(18)23)33(29,30)25-14-19(27)12-22(25)24(28)31-15-17-7-3-2-4-8-17/h2-11,13,19,22,27H,12,14-15H2,1H3/t19?,22-/m0/s1. The Morgan fingerprint density at radius 1 is 1.06 bits per heavy atom. The van der Waals surface area contributed by atoms with Gasteiger partial charge in [0.05, 0.1) is 11.0 Å². The Balaban J connectivity index is 1.65. The van der Waals surface area contributed by atoms with Crippen LogP contribution in [0.4, 0.5) is 0 Å². The topological polar surface area (TPSA) is 110 Å². The highest BCUT2D eigenvalue weighted by atomic mass is 32.2. The normalized spacial score (nSPS) is 18.8. The molecule has 1 aliphatic rings. The third-order valence-corrected chi connectivity index (χ3v) is 7.24. The van der Waals surface area contributed by atoms with E-state index < -0.39 is 34.1 Å². The Kier molecular flexibility index (Phi) is 6.46. The molecule has 172 valence electrons. The zero-order chi connectivity index (χ0) is 23.6. The minimum Gasteiger partial charge on any atom is -0.460 e. The second-order valence-corrected chi connectivity index (χ2v) is 9.70. The first-order chi connectivity index (χ1) is 15.8. The van der Waals surface area contributed by atoms with Gasteiger partial charge in [-0.2, -0.15) is 4.31 Å². The molecule has 8 nitrogen and oxygen atoms in total. The van der Waals surface area contributed by atoms with Crippen LogP contribution in [0.5, 0.6) is 5.75 Å². The molecule has 1 heterocycles. The van der Waals surface area contributed by atoms with E-state index in [1.807, 2.05) is 6.07 Å². The van der Waals surface area contributed by atoms with E-state index in [1.54, 1.807) is 48.5 Å². The largest absolute Gasteiger partial charge is 0.460 e. The van der Waals surface area contributed by atoms with Crippen LogP contribution in [0.15, 0.2) is 71.6 Å². The predicted octanol–water partition coefficient (Wildman–Crippen LogP) is 2.63. The molecular weight excluding hydrogens is 446 g/mol. The Morgan fingerprint density at radius 3 is 2.48 bits per heavy atom. The van der Waals surface area contributed by atoms with E-state index in [9.17, 15) is 23.1 Å². The number of benzene rings is 3. The van der Waals surface area contributed by atoms with Crippen LogP contribution in [0, 0.1) is 0 Å². The van der Waals surface area contributed by atoms with Gasteiger partial charge in [-0.25, -0.2) is 8.42 Å². The molecule has 1 fully saturated rings. The van der Waals surface area contributed by atoms with Gasteiger partial charge in [0.15, 0.2) is 0 Å². The van der Waals surface area contributed by atoms with E-state index in [4.69, 9.17) is 9.47 Å². The first-order valence-electron chi connectivity index (χ1n) is 10.4. The van der Waals surface area contributed by atoms with Gasteiger partial charge >= 0.3 is 11.9 Å². The smallest absolute Gasteiger partial charge is 0.324 e. The van der Waals surface area contributed by atoms with Crippen molar-refractivity contribution in [3.8, 4) is 5.75 Å². The molecule has 3 aromatic carbocycles. The number of carbonyl (C=O) groups excluding carboxylic acids is 2. The summed E-state index contributed by atoms with van der Waals surface area (Å²) in [6, 6.07) is 17.5. The Hall–Kier alpha value is -3.27. The van der Waals surface area contributed by atoms with Crippen molar-refractivity contribution in [1.82, 2.24) is 4.31 Å². The molecule has 9 heteroatoms. The lowest BCUT2D eigenvalue weighted by molar-refractivity contribution is -0.148. The molecule has 0 aliphatic carbocycles. The maximum absolute atomic E-state index is 13.5. The van der Waals surface area contributed by atoms with Gasteiger partial charge < -0.3 is 14.6 Å². The van der Waals surface area contributed by atoms with E-state index in [2.05, 4.69) is 0 Å². The van der Waals surface area contributed by atoms with Gasteiger partial charge in [0.2, 0.25) is 10.0 Å². The fourth-order valence-corrected chi connectivity index (χ4v) is 5.54. The monoisotopic (exact) mass is 469 g/mol. The van der Waals surface area contributed by atoms with Crippen molar-refractivity contribution in [2.45, 2.75) is 37.0 Å². The summed E-state index contributed by atoms with van der Waals surface area (Å²) in [5, 5.41) is 11.3. The summed E-state index contributed by atoms with van der Waals surface area (Å²) in [6.45, 7) is 0.974. The number of rotatable bonds is 6. The quantitative estimate of drug-likeness (QED) is 0.436. The van der Waals surface area contributed by atoms with Crippen molar-refractivity contribution < 1.29 is 32.6 Å². The maximum atomic E-state index is 13.5. The number of carbonyl (C=O) groups is 2. The Morgan fingerprint density at radius 2 is 1.76 bits per heavy atom. The molecule has 33 heavy (non-hydrogen) atoms. The summed E-state index contributed by atoms with van der Waals surface area (Å²) in [7, 11) is -4.22. The van der Waals surface area contributed by atoms with Crippen LogP contribution >= 0.6 is 0 Å². The highest BCUT2D eigenvalue weighted by Crippen LogP contribution is 2.34. The number of hydrogen-bond acceptors (Lipinski definition) is 7. The summed E-state index contributed by atoms with van der Waals surface area (Å²) in [6.07, 6.45) is -1.08. The molecule has 0 amide bonds. The molecule has 0 bridgehead atoms. The van der Waals surface area contributed by atoms with Gasteiger partial charge in [-0.15, -0.1) is 0 Å². The lowest BCUT2D eigenvalue weighted by atomic mass is 10.1.